The fourth-order valence-corrected chi connectivity index (χ4v) is 4.02. The summed E-state index contributed by atoms with van der Waals surface area (Å²) in [7, 11) is 0. The number of para-hydroxylation sites is 2. The van der Waals surface area contributed by atoms with Gasteiger partial charge in [-0.1, -0.05) is 43.3 Å². The molecule has 0 aliphatic heterocycles. The van der Waals surface area contributed by atoms with Crippen molar-refractivity contribution in [3.8, 4) is 22.4 Å². The quantitative estimate of drug-likeness (QED) is 0.249. The summed E-state index contributed by atoms with van der Waals surface area (Å²) in [4.78, 5) is 15.7. The van der Waals surface area contributed by atoms with Crippen LogP contribution in [0.25, 0.3) is 44.3 Å². The van der Waals surface area contributed by atoms with Gasteiger partial charge < -0.3 is 4.42 Å². The molecule has 3 aromatic carbocycles. The Labute approximate surface area is 172 Å². The normalized spacial score (nSPS) is 11.2. The summed E-state index contributed by atoms with van der Waals surface area (Å²) in [6.45, 7) is 2.13. The van der Waals surface area contributed by atoms with Crippen LogP contribution in [-0.2, 0) is 6.42 Å². The molecule has 0 saturated heterocycles. The second-order valence-corrected chi connectivity index (χ2v) is 7.13. The third-order valence-electron chi connectivity index (χ3n) is 5.44. The molecule has 0 N–H and O–H groups in total. The van der Waals surface area contributed by atoms with E-state index < -0.39 is 0 Å². The van der Waals surface area contributed by atoms with Gasteiger partial charge in [0, 0.05) is 28.6 Å². The van der Waals surface area contributed by atoms with Gasteiger partial charge in [-0.2, -0.15) is 0 Å². The second kappa shape index (κ2) is 7.12. The summed E-state index contributed by atoms with van der Waals surface area (Å²) in [6.07, 6.45) is 2.58. The Kier molecular flexibility index (Phi) is 4.29. The Bertz CT molecular complexity index is 1420. The zero-order chi connectivity index (χ0) is 20.7. The molecule has 5 rings (SSSR count). The third kappa shape index (κ3) is 2.83. The molecular formula is C25H18N2O3. The highest BCUT2D eigenvalue weighted by molar-refractivity contribution is 6.11. The van der Waals surface area contributed by atoms with Crippen molar-refractivity contribution in [2.75, 3.05) is 0 Å². The van der Waals surface area contributed by atoms with E-state index in [1.807, 2.05) is 30.3 Å². The number of aryl methyl sites for hydroxylation is 1. The average Bonchev–Trinajstić information content (AvgIpc) is 3.18. The Balaban J connectivity index is 1.75. The maximum Gasteiger partial charge on any atom is 0.277 e. The van der Waals surface area contributed by atoms with E-state index in [2.05, 4.69) is 24.0 Å². The zero-order valence-electron chi connectivity index (χ0n) is 16.3. The zero-order valence-corrected chi connectivity index (χ0v) is 16.3. The van der Waals surface area contributed by atoms with Gasteiger partial charge in [-0.3, -0.25) is 15.1 Å². The molecule has 2 aromatic heterocycles. The summed E-state index contributed by atoms with van der Waals surface area (Å²) < 4.78 is 6.24. The Morgan fingerprint density at radius 2 is 1.77 bits per heavy atom. The molecule has 0 aliphatic rings. The van der Waals surface area contributed by atoms with E-state index in [-0.39, 0.29) is 10.6 Å². The number of fused-ring (bicyclic) bond motifs is 3. The molecule has 0 spiro atoms. The van der Waals surface area contributed by atoms with Crippen LogP contribution < -0.4 is 0 Å². The number of furan rings is 1. The summed E-state index contributed by atoms with van der Waals surface area (Å²) in [5.74, 6) is 0. The first-order valence-corrected chi connectivity index (χ1v) is 9.80. The van der Waals surface area contributed by atoms with Crippen molar-refractivity contribution in [1.29, 1.82) is 0 Å². The highest BCUT2D eigenvalue weighted by Crippen LogP contribution is 2.39. The molecule has 0 bridgehead atoms. The van der Waals surface area contributed by atoms with Gasteiger partial charge in [0.2, 0.25) is 0 Å². The number of nitrogens with zero attached hydrogens (tertiary/aromatic N) is 2. The van der Waals surface area contributed by atoms with Crippen LogP contribution in [0.1, 0.15) is 12.5 Å². The van der Waals surface area contributed by atoms with E-state index >= 15 is 0 Å². The fraction of sp³-hybridized carbons (Fsp3) is 0.0800. The van der Waals surface area contributed by atoms with E-state index in [9.17, 15) is 10.1 Å². The molecule has 5 heteroatoms. The predicted octanol–water partition coefficient (Wildman–Crippen LogP) is 6.79. The molecule has 2 heterocycles. The van der Waals surface area contributed by atoms with Crippen LogP contribution in [0.4, 0.5) is 5.69 Å². The van der Waals surface area contributed by atoms with Crippen LogP contribution in [0.15, 0.2) is 83.4 Å². The van der Waals surface area contributed by atoms with Crippen LogP contribution >= 0.6 is 0 Å². The van der Waals surface area contributed by atoms with Gasteiger partial charge in [0.1, 0.15) is 11.2 Å². The molecule has 5 aromatic rings. The van der Waals surface area contributed by atoms with Crippen LogP contribution in [0, 0.1) is 10.1 Å². The lowest BCUT2D eigenvalue weighted by molar-refractivity contribution is -0.384. The summed E-state index contributed by atoms with van der Waals surface area (Å²) in [6, 6.07) is 22.6. The molecule has 30 heavy (non-hydrogen) atoms. The van der Waals surface area contributed by atoms with Gasteiger partial charge >= 0.3 is 0 Å². The molecule has 0 atom stereocenters. The van der Waals surface area contributed by atoms with E-state index in [0.717, 1.165) is 45.2 Å². The average molecular weight is 394 g/mol. The lowest BCUT2D eigenvalue weighted by Crippen LogP contribution is -1.93. The van der Waals surface area contributed by atoms with Crippen LogP contribution in [-0.4, -0.2) is 9.91 Å². The van der Waals surface area contributed by atoms with Crippen molar-refractivity contribution in [2.45, 2.75) is 13.3 Å². The number of rotatable bonds is 4. The first kappa shape index (κ1) is 18.1. The Morgan fingerprint density at radius 3 is 2.60 bits per heavy atom. The van der Waals surface area contributed by atoms with Gasteiger partial charge in [-0.15, -0.1) is 0 Å². The summed E-state index contributed by atoms with van der Waals surface area (Å²) >= 11 is 0. The highest BCUT2D eigenvalue weighted by atomic mass is 16.6. The van der Waals surface area contributed by atoms with Crippen molar-refractivity contribution < 1.29 is 9.34 Å². The van der Waals surface area contributed by atoms with Crippen LogP contribution in [0.3, 0.4) is 0 Å². The van der Waals surface area contributed by atoms with Gasteiger partial charge in [-0.05, 0) is 47.9 Å². The molecule has 0 unspecified atom stereocenters. The largest absolute Gasteiger partial charge is 0.455 e. The van der Waals surface area contributed by atoms with Crippen molar-refractivity contribution in [1.82, 2.24) is 4.98 Å². The minimum Gasteiger partial charge on any atom is -0.455 e. The molecular weight excluding hydrogens is 376 g/mol. The number of benzene rings is 3. The number of hydrogen-bond donors (Lipinski definition) is 0. The third-order valence-corrected chi connectivity index (χ3v) is 5.44. The highest BCUT2D eigenvalue weighted by Gasteiger charge is 2.18. The van der Waals surface area contributed by atoms with Crippen molar-refractivity contribution >= 4 is 27.6 Å². The van der Waals surface area contributed by atoms with Crippen LogP contribution in [0.5, 0.6) is 0 Å². The van der Waals surface area contributed by atoms with E-state index in [1.54, 1.807) is 30.5 Å². The predicted molar refractivity (Wildman–Crippen MR) is 118 cm³/mol. The van der Waals surface area contributed by atoms with Gasteiger partial charge in [-0.25, -0.2) is 0 Å². The Hall–Kier alpha value is -3.99. The summed E-state index contributed by atoms with van der Waals surface area (Å²) in [5, 5.41) is 13.7. The number of aromatic nitrogens is 1. The maximum absolute atomic E-state index is 11.5. The van der Waals surface area contributed by atoms with Crippen molar-refractivity contribution in [2.24, 2.45) is 0 Å². The standard InChI is InChI=1S/C25H18N2O3/c1-2-16-11-12-19(25-24(16)20-8-4-6-10-23(20)30-25)21-15-17(13-14-26-21)18-7-3-5-9-22(18)27(28)29/h3-15H,2H2,1H3. The molecule has 0 radical (unpaired) electrons. The van der Waals surface area contributed by atoms with E-state index in [1.165, 1.54) is 11.6 Å². The molecule has 5 nitrogen and oxygen atoms in total. The number of nitro benzene ring substituents is 1. The minimum atomic E-state index is -0.358. The fourth-order valence-electron chi connectivity index (χ4n) is 4.02. The smallest absolute Gasteiger partial charge is 0.277 e. The van der Waals surface area contributed by atoms with Crippen molar-refractivity contribution in [3.05, 3.63) is 94.7 Å². The minimum absolute atomic E-state index is 0.0739. The monoisotopic (exact) mass is 394 g/mol. The lowest BCUT2D eigenvalue weighted by Gasteiger charge is -2.08. The first-order chi connectivity index (χ1) is 14.7. The SMILES string of the molecule is CCc1ccc(-c2cc(-c3ccccc3[N+](=O)[O-])ccn2)c2oc3ccccc3c12. The molecule has 0 fully saturated rings. The van der Waals surface area contributed by atoms with E-state index in [0.29, 0.717) is 5.56 Å². The van der Waals surface area contributed by atoms with E-state index in [4.69, 9.17) is 4.42 Å². The van der Waals surface area contributed by atoms with Gasteiger partial charge in [0.15, 0.2) is 0 Å². The number of hydrogen-bond acceptors (Lipinski definition) is 4. The van der Waals surface area contributed by atoms with Crippen molar-refractivity contribution in [3.63, 3.8) is 0 Å². The second-order valence-electron chi connectivity index (χ2n) is 7.13. The molecule has 0 amide bonds. The van der Waals surface area contributed by atoms with Crippen LogP contribution in [0.2, 0.25) is 0 Å². The molecule has 0 aliphatic carbocycles. The summed E-state index contributed by atoms with van der Waals surface area (Å²) in [5.41, 5.74) is 5.83. The Morgan fingerprint density at radius 1 is 0.967 bits per heavy atom. The topological polar surface area (TPSA) is 69.2 Å². The first-order valence-electron chi connectivity index (χ1n) is 9.80. The molecule has 146 valence electrons. The maximum atomic E-state index is 11.5. The number of nitro groups is 1. The lowest BCUT2D eigenvalue weighted by atomic mass is 9.98. The molecule has 0 saturated carbocycles. The van der Waals surface area contributed by atoms with Gasteiger partial charge in [0.25, 0.3) is 5.69 Å². The van der Waals surface area contributed by atoms with Gasteiger partial charge in [0.05, 0.1) is 16.2 Å². The number of pyridine rings is 1.